The smallest absolute Gasteiger partial charge is 0.328 e. The largest absolute Gasteiger partial charge is 0.464 e. The second kappa shape index (κ2) is 11.2. The Labute approximate surface area is 198 Å². The van der Waals surface area contributed by atoms with E-state index < -0.39 is 6.04 Å². The van der Waals surface area contributed by atoms with Crippen LogP contribution in [0.25, 0.3) is 11.3 Å². The number of rotatable bonds is 9. The van der Waals surface area contributed by atoms with Crippen molar-refractivity contribution in [2.24, 2.45) is 0 Å². The topological polar surface area (TPSA) is 64.1 Å². The van der Waals surface area contributed by atoms with Gasteiger partial charge >= 0.3 is 5.97 Å². The Morgan fingerprint density at radius 3 is 2.29 bits per heavy atom. The fourth-order valence-electron chi connectivity index (χ4n) is 3.67. The van der Waals surface area contributed by atoms with Crippen LogP contribution in [0.4, 0.5) is 10.2 Å². The van der Waals surface area contributed by atoms with Crippen molar-refractivity contribution in [2.45, 2.75) is 25.8 Å². The Morgan fingerprint density at radius 1 is 0.941 bits per heavy atom. The van der Waals surface area contributed by atoms with Crippen LogP contribution in [0.15, 0.2) is 91.1 Å². The lowest BCUT2D eigenvalue weighted by atomic mass is 10.0. The minimum Gasteiger partial charge on any atom is -0.464 e. The number of nitrogens with one attached hydrogen (secondary N) is 1. The zero-order valence-electron chi connectivity index (χ0n) is 18.9. The van der Waals surface area contributed by atoms with Gasteiger partial charge in [-0.2, -0.15) is 0 Å². The average molecular weight is 456 g/mol. The Kier molecular flexibility index (Phi) is 7.60. The second-order valence-electron chi connectivity index (χ2n) is 7.86. The number of hydrogen-bond acceptors (Lipinski definition) is 5. The lowest BCUT2D eigenvalue weighted by molar-refractivity contribution is -0.144. The quantitative estimate of drug-likeness (QED) is 0.340. The molecule has 0 aliphatic heterocycles. The Bertz CT molecular complexity index is 1220. The molecular weight excluding hydrogens is 429 g/mol. The van der Waals surface area contributed by atoms with E-state index in [1.165, 1.54) is 12.1 Å². The molecule has 0 bridgehead atoms. The van der Waals surface area contributed by atoms with Crippen molar-refractivity contribution in [3.05, 3.63) is 114 Å². The molecule has 1 heterocycles. The molecule has 1 N–H and O–H groups in total. The molecule has 0 unspecified atom stereocenters. The van der Waals surface area contributed by atoms with E-state index in [1.54, 1.807) is 25.3 Å². The van der Waals surface area contributed by atoms with Gasteiger partial charge in [-0.05, 0) is 30.2 Å². The van der Waals surface area contributed by atoms with Crippen molar-refractivity contribution in [3.63, 3.8) is 0 Å². The Balaban J connectivity index is 1.68. The van der Waals surface area contributed by atoms with Gasteiger partial charge in [0.15, 0.2) is 0 Å². The summed E-state index contributed by atoms with van der Waals surface area (Å²) in [5.41, 5.74) is 4.21. The first kappa shape index (κ1) is 23.1. The molecule has 4 rings (SSSR count). The Morgan fingerprint density at radius 2 is 1.62 bits per heavy atom. The summed E-state index contributed by atoms with van der Waals surface area (Å²) < 4.78 is 18.8. The van der Waals surface area contributed by atoms with Crippen molar-refractivity contribution in [2.75, 3.05) is 11.9 Å². The molecular formula is C28H26FN3O2. The first-order valence-electron chi connectivity index (χ1n) is 11.2. The number of halogens is 1. The van der Waals surface area contributed by atoms with Crippen molar-refractivity contribution in [3.8, 4) is 11.3 Å². The van der Waals surface area contributed by atoms with Gasteiger partial charge in [0.05, 0.1) is 24.2 Å². The zero-order chi connectivity index (χ0) is 23.8. The lowest BCUT2D eigenvalue weighted by Crippen LogP contribution is -2.34. The van der Waals surface area contributed by atoms with Gasteiger partial charge in [0.2, 0.25) is 0 Å². The van der Waals surface area contributed by atoms with Crippen LogP contribution < -0.4 is 5.32 Å². The van der Waals surface area contributed by atoms with Crippen LogP contribution in [0.2, 0.25) is 0 Å². The van der Waals surface area contributed by atoms with Gasteiger partial charge in [-0.15, -0.1) is 0 Å². The molecule has 0 aliphatic carbocycles. The summed E-state index contributed by atoms with van der Waals surface area (Å²) in [7, 11) is 0. The molecule has 6 heteroatoms. The number of ether oxygens (including phenoxy) is 1. The molecule has 1 aromatic heterocycles. The van der Waals surface area contributed by atoms with Crippen molar-refractivity contribution < 1.29 is 13.9 Å². The third-order valence-corrected chi connectivity index (χ3v) is 5.36. The predicted molar refractivity (Wildman–Crippen MR) is 131 cm³/mol. The molecule has 0 amide bonds. The van der Waals surface area contributed by atoms with Crippen molar-refractivity contribution in [1.82, 2.24) is 9.97 Å². The highest BCUT2D eigenvalue weighted by Gasteiger charge is 2.23. The van der Waals surface area contributed by atoms with Gasteiger partial charge < -0.3 is 10.1 Å². The first-order chi connectivity index (χ1) is 16.6. The molecule has 3 aromatic carbocycles. The SMILES string of the molecule is CCOC(=O)[C@H](Cc1ccccc1)Nc1ncc(-c2ccccc2)nc1Cc1ccc(F)cc1. The monoisotopic (exact) mass is 455 g/mol. The van der Waals surface area contributed by atoms with Gasteiger partial charge in [0, 0.05) is 18.4 Å². The fraction of sp³-hybridized carbons (Fsp3) is 0.179. The number of carbonyl (C=O) groups is 1. The maximum Gasteiger partial charge on any atom is 0.328 e. The number of benzene rings is 3. The van der Waals surface area contributed by atoms with Crippen LogP contribution >= 0.6 is 0 Å². The highest BCUT2D eigenvalue weighted by Crippen LogP contribution is 2.23. The molecule has 1 atom stereocenters. The minimum absolute atomic E-state index is 0.285. The summed E-state index contributed by atoms with van der Waals surface area (Å²) in [5, 5.41) is 3.27. The predicted octanol–water partition coefficient (Wildman–Crippen LogP) is 5.46. The van der Waals surface area contributed by atoms with Crippen LogP contribution in [-0.4, -0.2) is 28.6 Å². The summed E-state index contributed by atoms with van der Waals surface area (Å²) >= 11 is 0. The lowest BCUT2D eigenvalue weighted by Gasteiger charge is -2.20. The normalized spacial score (nSPS) is 11.6. The standard InChI is InChI=1S/C28H26FN3O2/c1-2-34-28(33)25(18-20-9-5-3-6-10-20)32-27-24(17-21-13-15-23(29)16-14-21)31-26(19-30-27)22-11-7-4-8-12-22/h3-16,19,25H,2,17-18H2,1H3,(H,30,32)/t25-/m0/s1. The summed E-state index contributed by atoms with van der Waals surface area (Å²) in [4.78, 5) is 22.3. The fourth-order valence-corrected chi connectivity index (χ4v) is 3.67. The second-order valence-corrected chi connectivity index (χ2v) is 7.86. The van der Waals surface area contributed by atoms with Gasteiger partial charge in [-0.1, -0.05) is 72.8 Å². The van der Waals surface area contributed by atoms with Gasteiger partial charge in [-0.25, -0.2) is 19.2 Å². The molecule has 0 radical (unpaired) electrons. The maximum atomic E-state index is 13.4. The van der Waals surface area contributed by atoms with Gasteiger partial charge in [0.1, 0.15) is 17.7 Å². The molecule has 0 saturated carbocycles. The zero-order valence-corrected chi connectivity index (χ0v) is 18.9. The minimum atomic E-state index is -0.633. The summed E-state index contributed by atoms with van der Waals surface area (Å²) in [6.07, 6.45) is 2.56. The number of esters is 1. The molecule has 0 aliphatic rings. The number of carbonyl (C=O) groups excluding carboxylic acids is 1. The van der Waals surface area contributed by atoms with E-state index in [9.17, 15) is 9.18 Å². The summed E-state index contributed by atoms with van der Waals surface area (Å²) in [5.74, 6) is -0.150. The first-order valence-corrected chi connectivity index (χ1v) is 11.2. The van der Waals surface area contributed by atoms with E-state index >= 15 is 0 Å². The number of nitrogens with zero attached hydrogens (tertiary/aromatic N) is 2. The van der Waals surface area contributed by atoms with Crippen LogP contribution in [0.1, 0.15) is 23.7 Å². The number of aromatic nitrogens is 2. The number of anilines is 1. The third-order valence-electron chi connectivity index (χ3n) is 5.36. The third kappa shape index (κ3) is 6.04. The van der Waals surface area contributed by atoms with Crippen molar-refractivity contribution in [1.29, 1.82) is 0 Å². The van der Waals surface area contributed by atoms with E-state index in [0.29, 0.717) is 24.4 Å². The molecule has 0 fully saturated rings. The molecule has 0 saturated heterocycles. The highest BCUT2D eigenvalue weighted by atomic mass is 19.1. The van der Waals surface area contributed by atoms with Crippen LogP contribution in [0.5, 0.6) is 0 Å². The molecule has 172 valence electrons. The summed E-state index contributed by atoms with van der Waals surface area (Å²) in [6, 6.07) is 25.2. The maximum absolute atomic E-state index is 13.4. The molecule has 0 spiro atoms. The van der Waals surface area contributed by atoms with Crippen molar-refractivity contribution >= 4 is 11.8 Å². The molecule has 34 heavy (non-hydrogen) atoms. The van der Waals surface area contributed by atoms with Crippen LogP contribution in [0.3, 0.4) is 0 Å². The van der Waals surface area contributed by atoms with E-state index in [0.717, 1.165) is 22.4 Å². The van der Waals surface area contributed by atoms with E-state index in [2.05, 4.69) is 10.3 Å². The number of hydrogen-bond donors (Lipinski definition) is 1. The summed E-state index contributed by atoms with van der Waals surface area (Å²) in [6.45, 7) is 2.07. The molecule has 4 aromatic rings. The van der Waals surface area contributed by atoms with Gasteiger partial charge in [0.25, 0.3) is 0 Å². The van der Waals surface area contributed by atoms with Crippen LogP contribution in [0, 0.1) is 5.82 Å². The molecule has 5 nitrogen and oxygen atoms in total. The Hall–Kier alpha value is -4.06. The highest BCUT2D eigenvalue weighted by molar-refractivity contribution is 5.79. The van der Waals surface area contributed by atoms with E-state index in [4.69, 9.17) is 9.72 Å². The van der Waals surface area contributed by atoms with Crippen LogP contribution in [-0.2, 0) is 22.4 Å². The van der Waals surface area contributed by atoms with E-state index in [1.807, 2.05) is 60.7 Å². The average Bonchev–Trinajstić information content (AvgIpc) is 2.87. The van der Waals surface area contributed by atoms with E-state index in [-0.39, 0.29) is 18.4 Å². The van der Waals surface area contributed by atoms with Gasteiger partial charge in [-0.3, -0.25) is 0 Å².